The molecule has 0 radical (unpaired) electrons. The molecule has 0 atom stereocenters. The molecule has 3 N–H and O–H groups in total. The summed E-state index contributed by atoms with van der Waals surface area (Å²) < 4.78 is 14.6. The van der Waals surface area contributed by atoms with Gasteiger partial charge in [0.15, 0.2) is 5.82 Å². The minimum Gasteiger partial charge on any atom is -0.389 e. The van der Waals surface area contributed by atoms with Gasteiger partial charge >= 0.3 is 0 Å². The Morgan fingerprint density at radius 2 is 1.85 bits per heavy atom. The van der Waals surface area contributed by atoms with Crippen LogP contribution in [0.15, 0.2) is 34.8 Å². The van der Waals surface area contributed by atoms with Gasteiger partial charge in [0.25, 0.3) is 0 Å². The number of aryl methyl sites for hydroxylation is 2. The van der Waals surface area contributed by atoms with Crippen LogP contribution in [0.4, 0.5) is 15.8 Å². The lowest BCUT2D eigenvalue weighted by molar-refractivity contribution is 0.625. The van der Waals surface area contributed by atoms with Crippen LogP contribution in [0, 0.1) is 19.7 Å². The third-order valence-corrected chi connectivity index (χ3v) is 3.99. The van der Waals surface area contributed by atoms with Crippen molar-refractivity contribution in [3.05, 3.63) is 57.3 Å². The lowest BCUT2D eigenvalue weighted by atomic mass is 10.1. The number of benzene rings is 2. The van der Waals surface area contributed by atoms with Gasteiger partial charge in [0.05, 0.1) is 10.2 Å². The molecule has 104 valence electrons. The van der Waals surface area contributed by atoms with Crippen molar-refractivity contribution in [3.63, 3.8) is 0 Å². The van der Waals surface area contributed by atoms with E-state index >= 15 is 0 Å². The monoisotopic (exact) mass is 352 g/mol. The summed E-state index contributed by atoms with van der Waals surface area (Å²) in [5, 5.41) is 3.09. The van der Waals surface area contributed by atoms with Crippen LogP contribution >= 0.6 is 28.1 Å². The molecule has 0 aliphatic carbocycles. The predicted octanol–water partition coefficient (Wildman–Crippen LogP) is 4.58. The SMILES string of the molecule is Cc1ccc(Nc2ccc(C(N)=S)c(Br)c2F)c(C)c1. The van der Waals surface area contributed by atoms with Crippen LogP contribution in [0.3, 0.4) is 0 Å². The predicted molar refractivity (Wildman–Crippen MR) is 89.2 cm³/mol. The molecule has 2 nitrogen and oxygen atoms in total. The summed E-state index contributed by atoms with van der Waals surface area (Å²) in [5.74, 6) is -0.407. The fourth-order valence-corrected chi connectivity index (χ4v) is 2.80. The van der Waals surface area contributed by atoms with Crippen LogP contribution in [0.5, 0.6) is 0 Å². The number of thiocarbonyl (C=S) groups is 1. The van der Waals surface area contributed by atoms with Gasteiger partial charge in [-0.3, -0.25) is 0 Å². The maximum absolute atomic E-state index is 14.3. The molecule has 0 aliphatic heterocycles. The van der Waals surface area contributed by atoms with Crippen molar-refractivity contribution in [1.29, 1.82) is 0 Å². The molecule has 0 amide bonds. The summed E-state index contributed by atoms with van der Waals surface area (Å²) >= 11 is 8.07. The number of hydrogen-bond donors (Lipinski definition) is 2. The van der Waals surface area contributed by atoms with Crippen molar-refractivity contribution in [2.75, 3.05) is 5.32 Å². The van der Waals surface area contributed by atoms with Gasteiger partial charge in [-0.25, -0.2) is 4.39 Å². The Balaban J connectivity index is 2.39. The van der Waals surface area contributed by atoms with E-state index in [0.717, 1.165) is 11.3 Å². The molecule has 2 rings (SSSR count). The fraction of sp³-hybridized carbons (Fsp3) is 0.133. The Labute approximate surface area is 131 Å². The van der Waals surface area contributed by atoms with Gasteiger partial charge in [0.2, 0.25) is 0 Å². The van der Waals surface area contributed by atoms with Gasteiger partial charge in [-0.2, -0.15) is 0 Å². The van der Waals surface area contributed by atoms with Crippen LogP contribution < -0.4 is 11.1 Å². The molecule has 2 aromatic carbocycles. The van der Waals surface area contributed by atoms with E-state index in [9.17, 15) is 4.39 Å². The number of nitrogens with two attached hydrogens (primary N) is 1. The zero-order chi connectivity index (χ0) is 14.9. The van der Waals surface area contributed by atoms with E-state index in [2.05, 4.69) is 21.2 Å². The molecule has 2 aromatic rings. The Hall–Kier alpha value is -1.46. The molecule has 0 aromatic heterocycles. The minimum atomic E-state index is -0.407. The Bertz CT molecular complexity index is 686. The maximum atomic E-state index is 14.3. The smallest absolute Gasteiger partial charge is 0.161 e. The van der Waals surface area contributed by atoms with Crippen LogP contribution in [0.25, 0.3) is 0 Å². The lowest BCUT2D eigenvalue weighted by Gasteiger charge is -2.13. The maximum Gasteiger partial charge on any atom is 0.161 e. The first-order chi connectivity index (χ1) is 9.40. The summed E-state index contributed by atoms with van der Waals surface area (Å²) in [4.78, 5) is 0.161. The number of rotatable bonds is 3. The highest BCUT2D eigenvalue weighted by molar-refractivity contribution is 9.10. The average Bonchev–Trinajstić information content (AvgIpc) is 2.37. The second kappa shape index (κ2) is 5.89. The lowest BCUT2D eigenvalue weighted by Crippen LogP contribution is -2.11. The van der Waals surface area contributed by atoms with Crippen LogP contribution in [0.1, 0.15) is 16.7 Å². The van der Waals surface area contributed by atoms with E-state index in [0.29, 0.717) is 11.3 Å². The van der Waals surface area contributed by atoms with Gasteiger partial charge in [-0.1, -0.05) is 29.9 Å². The molecule has 5 heteroatoms. The highest BCUT2D eigenvalue weighted by Crippen LogP contribution is 2.30. The average molecular weight is 353 g/mol. The Morgan fingerprint density at radius 1 is 1.20 bits per heavy atom. The number of anilines is 2. The van der Waals surface area contributed by atoms with Gasteiger partial charge in [-0.05, 0) is 53.5 Å². The van der Waals surface area contributed by atoms with E-state index in [4.69, 9.17) is 18.0 Å². The third-order valence-electron chi connectivity index (χ3n) is 3.00. The molecular formula is C15H14BrFN2S. The molecule has 0 bridgehead atoms. The molecule has 20 heavy (non-hydrogen) atoms. The first-order valence-electron chi connectivity index (χ1n) is 6.02. The quantitative estimate of drug-likeness (QED) is 0.793. The molecule has 0 unspecified atom stereocenters. The summed E-state index contributed by atoms with van der Waals surface area (Å²) in [5.41, 5.74) is 9.49. The zero-order valence-corrected chi connectivity index (χ0v) is 13.5. The molecular weight excluding hydrogens is 339 g/mol. The third kappa shape index (κ3) is 2.99. The highest BCUT2D eigenvalue weighted by Gasteiger charge is 2.13. The summed E-state index contributed by atoms with van der Waals surface area (Å²) in [6, 6.07) is 9.28. The molecule has 0 aliphatic rings. The van der Waals surface area contributed by atoms with Crippen molar-refractivity contribution in [2.45, 2.75) is 13.8 Å². The van der Waals surface area contributed by atoms with Crippen molar-refractivity contribution >= 4 is 44.5 Å². The molecule has 0 saturated carbocycles. The largest absolute Gasteiger partial charge is 0.389 e. The van der Waals surface area contributed by atoms with Crippen LogP contribution in [0.2, 0.25) is 0 Å². The Kier molecular flexibility index (Phi) is 4.40. The van der Waals surface area contributed by atoms with Crippen molar-refractivity contribution in [2.24, 2.45) is 5.73 Å². The van der Waals surface area contributed by atoms with Crippen molar-refractivity contribution in [1.82, 2.24) is 0 Å². The number of halogens is 2. The molecule has 0 heterocycles. The topological polar surface area (TPSA) is 38.0 Å². The van der Waals surface area contributed by atoms with Crippen LogP contribution in [-0.2, 0) is 0 Å². The normalized spacial score (nSPS) is 10.4. The number of hydrogen-bond acceptors (Lipinski definition) is 2. The first kappa shape index (κ1) is 14.9. The minimum absolute atomic E-state index is 0.161. The van der Waals surface area contributed by atoms with Gasteiger partial charge in [-0.15, -0.1) is 0 Å². The second-order valence-corrected chi connectivity index (χ2v) is 5.83. The highest BCUT2D eigenvalue weighted by atomic mass is 79.9. The van der Waals surface area contributed by atoms with Crippen molar-refractivity contribution in [3.8, 4) is 0 Å². The van der Waals surface area contributed by atoms with Gasteiger partial charge < -0.3 is 11.1 Å². The Morgan fingerprint density at radius 3 is 2.45 bits per heavy atom. The van der Waals surface area contributed by atoms with E-state index in [-0.39, 0.29) is 9.46 Å². The molecule has 0 fully saturated rings. The van der Waals surface area contributed by atoms with Gasteiger partial charge in [0, 0.05) is 11.3 Å². The van der Waals surface area contributed by atoms with E-state index in [1.165, 1.54) is 5.56 Å². The van der Waals surface area contributed by atoms with E-state index < -0.39 is 5.82 Å². The zero-order valence-electron chi connectivity index (χ0n) is 11.1. The second-order valence-electron chi connectivity index (χ2n) is 4.60. The fourth-order valence-electron chi connectivity index (χ4n) is 1.94. The van der Waals surface area contributed by atoms with E-state index in [1.54, 1.807) is 12.1 Å². The molecule has 0 saturated heterocycles. The van der Waals surface area contributed by atoms with Crippen molar-refractivity contribution < 1.29 is 4.39 Å². The number of nitrogens with one attached hydrogen (secondary N) is 1. The summed E-state index contributed by atoms with van der Waals surface area (Å²) in [7, 11) is 0. The van der Waals surface area contributed by atoms with E-state index in [1.807, 2.05) is 32.0 Å². The summed E-state index contributed by atoms with van der Waals surface area (Å²) in [6.45, 7) is 4.00. The standard InChI is InChI=1S/C15H14BrFN2S/c1-8-3-5-11(9(2)7-8)19-12-6-4-10(15(18)20)13(16)14(12)17/h3-7,19H,1-2H3,(H2,18,20). The van der Waals surface area contributed by atoms with Gasteiger partial charge in [0.1, 0.15) is 4.99 Å². The van der Waals surface area contributed by atoms with Crippen LogP contribution in [-0.4, -0.2) is 4.99 Å². The summed E-state index contributed by atoms with van der Waals surface area (Å²) in [6.07, 6.45) is 0. The first-order valence-corrected chi connectivity index (χ1v) is 7.22. The molecule has 0 spiro atoms.